The number of anilines is 1. The van der Waals surface area contributed by atoms with E-state index in [1.54, 1.807) is 55.0 Å². The molecule has 12 heteroatoms. The first-order valence-electron chi connectivity index (χ1n) is 15.8. The van der Waals surface area contributed by atoms with Crippen LogP contribution in [0.3, 0.4) is 0 Å². The molecule has 0 bridgehead atoms. The Balaban J connectivity index is 1.68. The minimum absolute atomic E-state index is 0.193. The van der Waals surface area contributed by atoms with E-state index in [0.29, 0.717) is 65.7 Å². The lowest BCUT2D eigenvalue weighted by atomic mass is 10.1. The van der Waals surface area contributed by atoms with Gasteiger partial charge in [0, 0.05) is 54.9 Å². The number of aromatic nitrogens is 4. The van der Waals surface area contributed by atoms with Crippen LogP contribution in [0.5, 0.6) is 0 Å². The normalized spacial score (nSPS) is 13.8. The summed E-state index contributed by atoms with van der Waals surface area (Å²) < 4.78 is 38.7. The predicted octanol–water partition coefficient (Wildman–Crippen LogP) is 6.32. The van der Waals surface area contributed by atoms with Crippen LogP contribution in [-0.4, -0.2) is 61.4 Å². The van der Waals surface area contributed by atoms with Crippen LogP contribution in [0.1, 0.15) is 63.4 Å². The third kappa shape index (κ3) is 6.17. The molecule has 0 radical (unpaired) electrons. The van der Waals surface area contributed by atoms with Gasteiger partial charge in [-0.25, -0.2) is 18.7 Å². The minimum atomic E-state index is -2.58. The molecule has 0 unspecified atom stereocenters. The van der Waals surface area contributed by atoms with Gasteiger partial charge in [0.1, 0.15) is 24.4 Å². The molecule has 1 N–H and O–H groups in total. The van der Waals surface area contributed by atoms with Gasteiger partial charge in [-0.15, -0.1) is 0 Å². The molecule has 1 amide bonds. The Hall–Kier alpha value is -4.11. The molecule has 2 aromatic heterocycles. The Kier molecular flexibility index (Phi) is 9.10. The number of carbonyl (C=O) groups excluding carboxylic acids is 1. The fourth-order valence-electron chi connectivity index (χ4n) is 6.04. The van der Waals surface area contributed by atoms with E-state index < -0.39 is 18.8 Å². The van der Waals surface area contributed by atoms with Crippen LogP contribution in [0.25, 0.3) is 17.2 Å². The Bertz CT molecular complexity index is 1870. The van der Waals surface area contributed by atoms with Crippen molar-refractivity contribution in [2.45, 2.75) is 73.5 Å². The Morgan fingerprint density at radius 1 is 1.04 bits per heavy atom. The summed E-state index contributed by atoms with van der Waals surface area (Å²) in [5.41, 5.74) is 3.32. The number of nitrogens with zero attached hydrogens (tertiary/aromatic N) is 5. The van der Waals surface area contributed by atoms with Crippen LogP contribution >= 0.6 is 7.14 Å². The third-order valence-electron chi connectivity index (χ3n) is 8.54. The summed E-state index contributed by atoms with van der Waals surface area (Å²) in [6.07, 6.45) is 5.27. The van der Waals surface area contributed by atoms with Crippen molar-refractivity contribution in [1.29, 1.82) is 0 Å². The molecule has 0 saturated carbocycles. The monoisotopic (exact) mass is 650 g/mol. The van der Waals surface area contributed by atoms with Crippen molar-refractivity contribution in [2.75, 3.05) is 31.2 Å². The van der Waals surface area contributed by atoms with Crippen LogP contribution in [0, 0.1) is 19.7 Å². The van der Waals surface area contributed by atoms with Gasteiger partial charge in [-0.05, 0) is 88.9 Å². The number of carbonyl (C=O) groups is 1. The molecule has 4 aromatic rings. The predicted molar refractivity (Wildman–Crippen MR) is 181 cm³/mol. The first kappa shape index (κ1) is 33.3. The van der Waals surface area contributed by atoms with Crippen molar-refractivity contribution < 1.29 is 18.5 Å². The summed E-state index contributed by atoms with van der Waals surface area (Å²) in [6.45, 7) is 13.4. The maximum absolute atomic E-state index is 14.7. The molecule has 246 valence electrons. The molecular formula is C34H44FN6O4P. The molecule has 0 spiro atoms. The fraction of sp³-hybridized carbons (Fsp3) is 0.441. The molecule has 1 aliphatic heterocycles. The van der Waals surface area contributed by atoms with Gasteiger partial charge >= 0.3 is 11.8 Å². The number of hydrogen-bond acceptors (Lipinski definition) is 6. The van der Waals surface area contributed by atoms with Gasteiger partial charge in [-0.1, -0.05) is 13.8 Å². The molecule has 0 saturated heterocycles. The van der Waals surface area contributed by atoms with Crippen LogP contribution in [0.2, 0.25) is 0 Å². The van der Waals surface area contributed by atoms with Gasteiger partial charge in [0.25, 0.3) is 0 Å². The number of fused-ring (bicyclic) bond motifs is 1. The molecule has 3 heterocycles. The third-order valence-corrected chi connectivity index (χ3v) is 11.9. The topological polar surface area (TPSA) is 103 Å². The van der Waals surface area contributed by atoms with E-state index in [2.05, 4.69) is 5.32 Å². The number of nitrogens with one attached hydrogen (secondary N) is 1. The second-order valence-corrected chi connectivity index (χ2v) is 16.4. The number of aryl methyl sites for hydroxylation is 3. The summed E-state index contributed by atoms with van der Waals surface area (Å²) in [6, 6.07) is 8.92. The quantitative estimate of drug-likeness (QED) is 0.235. The number of imidazole rings is 1. The highest BCUT2D eigenvalue weighted by molar-refractivity contribution is 7.71. The lowest BCUT2D eigenvalue weighted by Crippen LogP contribution is -2.37. The maximum atomic E-state index is 14.7. The zero-order valence-corrected chi connectivity index (χ0v) is 28.9. The molecule has 0 aliphatic carbocycles. The van der Waals surface area contributed by atoms with Gasteiger partial charge in [0.2, 0.25) is 0 Å². The lowest BCUT2D eigenvalue weighted by molar-refractivity contribution is 0.0236. The molecule has 46 heavy (non-hydrogen) atoms. The smallest absolute Gasteiger partial charge is 0.410 e. The molecule has 0 atom stereocenters. The summed E-state index contributed by atoms with van der Waals surface area (Å²) in [5.74, 6) is 0.185. The largest absolute Gasteiger partial charge is 0.444 e. The summed E-state index contributed by atoms with van der Waals surface area (Å²) in [5, 5.41) is 8.89. The van der Waals surface area contributed by atoms with E-state index >= 15 is 0 Å². The Labute approximate surface area is 269 Å². The van der Waals surface area contributed by atoms with Crippen molar-refractivity contribution >= 4 is 24.2 Å². The molecule has 5 rings (SSSR count). The van der Waals surface area contributed by atoms with Crippen molar-refractivity contribution in [1.82, 2.24) is 23.8 Å². The van der Waals surface area contributed by atoms with Crippen LogP contribution < -0.4 is 16.3 Å². The second-order valence-electron chi connectivity index (χ2n) is 12.9. The van der Waals surface area contributed by atoms with E-state index in [-0.39, 0.29) is 18.1 Å². The van der Waals surface area contributed by atoms with Crippen molar-refractivity contribution in [3.63, 3.8) is 0 Å². The van der Waals surface area contributed by atoms with Crippen molar-refractivity contribution in [2.24, 2.45) is 0 Å². The fourth-order valence-corrected chi connectivity index (χ4v) is 8.13. The number of halogens is 1. The summed E-state index contributed by atoms with van der Waals surface area (Å²) in [4.78, 5) is 29.1. The van der Waals surface area contributed by atoms with E-state index in [0.717, 1.165) is 16.6 Å². The van der Waals surface area contributed by atoms with Crippen LogP contribution in [0.4, 0.5) is 14.9 Å². The number of ether oxygens (including phenoxy) is 1. The number of hydrogen-bond donors (Lipinski definition) is 1. The van der Waals surface area contributed by atoms with E-state index in [1.807, 2.05) is 52.8 Å². The van der Waals surface area contributed by atoms with Crippen molar-refractivity contribution in [3.8, 4) is 17.2 Å². The van der Waals surface area contributed by atoms with Gasteiger partial charge in [-0.3, -0.25) is 9.13 Å². The molecule has 10 nitrogen and oxygen atoms in total. The maximum Gasteiger partial charge on any atom is 0.410 e. The van der Waals surface area contributed by atoms with E-state index in [1.165, 1.54) is 9.13 Å². The van der Waals surface area contributed by atoms with Gasteiger partial charge in [0.05, 0.1) is 23.6 Å². The Morgan fingerprint density at radius 3 is 2.30 bits per heavy atom. The van der Waals surface area contributed by atoms with Crippen LogP contribution in [0.15, 0.2) is 47.5 Å². The van der Waals surface area contributed by atoms with Gasteiger partial charge in [0.15, 0.2) is 0 Å². The zero-order valence-electron chi connectivity index (χ0n) is 28.0. The molecular weight excluding hydrogens is 606 g/mol. The minimum Gasteiger partial charge on any atom is -0.444 e. The van der Waals surface area contributed by atoms with E-state index in [4.69, 9.17) is 9.84 Å². The lowest BCUT2D eigenvalue weighted by Gasteiger charge is -2.26. The Morgan fingerprint density at radius 2 is 1.70 bits per heavy atom. The standard InChI is InChI=1S/C34H44FN6O4P/c1-9-46(44,10-2)29-14-13-24(20-28(29)36-8)39-16-17-40(32(39)42)31-26-21-38(33(43)45-34(5,6)7)15-11-12-27(26)37-41(31)25-18-22(3)30(35)23(4)19-25/h13-14,16-20,36H,9-12,15,21H2,1-8H3. The zero-order chi connectivity index (χ0) is 33.6. The number of rotatable bonds is 7. The molecule has 0 fully saturated rings. The average Bonchev–Trinajstić information content (AvgIpc) is 3.48. The highest BCUT2D eigenvalue weighted by Crippen LogP contribution is 2.45. The number of benzene rings is 2. The second kappa shape index (κ2) is 12.6. The number of amides is 1. The van der Waals surface area contributed by atoms with Gasteiger partial charge in [-0.2, -0.15) is 5.10 Å². The highest BCUT2D eigenvalue weighted by Gasteiger charge is 2.31. The summed E-state index contributed by atoms with van der Waals surface area (Å²) >= 11 is 0. The summed E-state index contributed by atoms with van der Waals surface area (Å²) in [7, 11) is -0.798. The first-order valence-corrected chi connectivity index (χ1v) is 17.9. The average molecular weight is 651 g/mol. The van der Waals surface area contributed by atoms with Crippen LogP contribution in [-0.2, 0) is 22.3 Å². The SMILES string of the molecule is CCP(=O)(CC)c1ccc(-n2ccn(-c3c4c(nn3-c3cc(C)c(F)c(C)c3)CCCN(C(=O)OC(C)(C)C)C4)c2=O)cc1NC. The first-order chi connectivity index (χ1) is 21.7. The van der Waals surface area contributed by atoms with E-state index in [9.17, 15) is 18.5 Å². The molecule has 1 aliphatic rings. The van der Waals surface area contributed by atoms with Gasteiger partial charge < -0.3 is 19.5 Å². The highest BCUT2D eigenvalue weighted by atomic mass is 31.2. The van der Waals surface area contributed by atoms with Crippen molar-refractivity contribution in [3.05, 3.63) is 81.4 Å². The molecule has 2 aromatic carbocycles.